The Morgan fingerprint density at radius 3 is 2.01 bits per heavy atom. The minimum absolute atomic E-state index is 0. The van der Waals surface area contributed by atoms with Gasteiger partial charge in [-0.25, -0.2) is 16.8 Å². The molecule has 1 atom stereocenters. The Balaban J connectivity index is 0.00000578. The monoisotopic (exact) mass is 1060 g/mol. The first-order valence-corrected chi connectivity index (χ1v) is 25.4. The number of unbranched alkanes of at least 4 members (excludes halogenated alkanes) is 1. The summed E-state index contributed by atoms with van der Waals surface area (Å²) in [5.41, 5.74) is 0.989. The minimum Gasteiger partial charge on any atom is -0.744 e. The van der Waals surface area contributed by atoms with E-state index in [9.17, 15) is 50.5 Å². The van der Waals surface area contributed by atoms with Gasteiger partial charge in [-0.15, -0.1) is 10.2 Å². The summed E-state index contributed by atoms with van der Waals surface area (Å²) in [6, 6.07) is 24.2. The minimum atomic E-state index is -5.48. The summed E-state index contributed by atoms with van der Waals surface area (Å²) in [4.78, 5) is 38.0. The number of amides is 3. The molecule has 0 aliphatic heterocycles. The fraction of sp³-hybridized carbons (Fsp3) is 0.314. The van der Waals surface area contributed by atoms with Crippen LogP contribution in [0.3, 0.4) is 0 Å². The van der Waals surface area contributed by atoms with Gasteiger partial charge in [0.1, 0.15) is 37.5 Å². The van der Waals surface area contributed by atoms with E-state index in [1.54, 1.807) is 30.3 Å². The molecular formula is C51H55N5Na2O13S2. The van der Waals surface area contributed by atoms with Gasteiger partial charge in [0, 0.05) is 35.2 Å². The van der Waals surface area contributed by atoms with Crippen molar-refractivity contribution in [3.63, 3.8) is 0 Å². The Bertz CT molecular complexity index is 3290. The van der Waals surface area contributed by atoms with E-state index in [1.807, 2.05) is 11.4 Å². The molecule has 0 spiro atoms. The Morgan fingerprint density at radius 1 is 0.726 bits per heavy atom. The van der Waals surface area contributed by atoms with Crippen LogP contribution in [0, 0.1) is 0 Å². The number of carbonyl (C=O) groups excluding carboxylic acids is 3. The van der Waals surface area contributed by atoms with Gasteiger partial charge in [-0.05, 0) is 89.9 Å². The van der Waals surface area contributed by atoms with Gasteiger partial charge >= 0.3 is 70.9 Å². The number of benzene rings is 6. The van der Waals surface area contributed by atoms with Crippen LogP contribution in [0.25, 0.3) is 21.5 Å². The molecule has 1 unspecified atom stereocenters. The summed E-state index contributed by atoms with van der Waals surface area (Å²) >= 11 is 0. The van der Waals surface area contributed by atoms with Gasteiger partial charge in [-0.2, -0.15) is 0 Å². The SMILES string of the molecule is CCC(C)(C)c1ccc(OCCCCNC(=O)c2cc(OC(O)(N=Nc3cccc4cccc(NC(C)=O)c34)C(=O)Nc3cc(S(=O)(=O)[O-])ccc3S(=O)(=O)[O-])c3ccccc3c2O)c(C(C)(C)CC)c1.[Na+].[Na+]. The van der Waals surface area contributed by atoms with Crippen LogP contribution in [0.5, 0.6) is 17.2 Å². The number of nitrogens with one attached hydrogen (secondary N) is 3. The van der Waals surface area contributed by atoms with Crippen molar-refractivity contribution >= 4 is 76.6 Å². The van der Waals surface area contributed by atoms with Crippen molar-refractivity contribution in [1.82, 2.24) is 5.32 Å². The van der Waals surface area contributed by atoms with Crippen LogP contribution in [0.1, 0.15) is 95.6 Å². The number of phenolic OH excluding ortho intramolecular Hbond substituents is 1. The standard InChI is InChI=1S/C51H57N5O13S2.2Na/c1-8-49(4,5)33-22-24-42(38(28-33)50(6,7)9-2)68-27-13-12-26-52-47(59)37-30-43(35-18-10-11-19-36(35)46(37)58)69-51(61,48(60)54-41-29-34(70(62,63)64)23-25-44(41)71(65,66)67)56-55-40-21-15-17-32-16-14-20-39(45(32)40)53-31(3)57;;/h10-11,14-25,28-30,58,61H,8-9,12-13,26-27H2,1-7H3,(H,52,59)(H,53,57)(H,54,60)(H,62,63,64)(H,65,66,67);;/q;2*+1/p-2. The Labute approximate surface area is 468 Å². The molecule has 0 aliphatic carbocycles. The fourth-order valence-electron chi connectivity index (χ4n) is 7.56. The number of fused-ring (bicyclic) bond motifs is 2. The molecule has 376 valence electrons. The van der Waals surface area contributed by atoms with Crippen molar-refractivity contribution in [3.8, 4) is 17.2 Å². The van der Waals surface area contributed by atoms with E-state index in [2.05, 4.69) is 74.5 Å². The van der Waals surface area contributed by atoms with E-state index >= 15 is 0 Å². The number of hydrogen-bond acceptors (Lipinski definition) is 15. The molecule has 6 aromatic rings. The van der Waals surface area contributed by atoms with Crippen molar-refractivity contribution in [1.29, 1.82) is 0 Å². The van der Waals surface area contributed by atoms with Crippen LogP contribution in [0.2, 0.25) is 0 Å². The van der Waals surface area contributed by atoms with Gasteiger partial charge in [0.05, 0.1) is 39.0 Å². The van der Waals surface area contributed by atoms with Crippen LogP contribution in [0.4, 0.5) is 17.1 Å². The normalized spacial score (nSPS) is 12.8. The topological polar surface area (TPSA) is 285 Å². The second kappa shape index (κ2) is 24.6. The molecule has 0 bridgehead atoms. The van der Waals surface area contributed by atoms with Crippen LogP contribution in [-0.2, 0) is 40.7 Å². The maximum absolute atomic E-state index is 14.3. The Kier molecular flexibility index (Phi) is 20.4. The van der Waals surface area contributed by atoms with Crippen LogP contribution in [0.15, 0.2) is 123 Å². The Hall–Kier alpha value is -4.97. The van der Waals surface area contributed by atoms with Crippen LogP contribution >= 0.6 is 0 Å². The number of phenols is 1. The third-order valence-electron chi connectivity index (χ3n) is 12.4. The predicted octanol–water partition coefficient (Wildman–Crippen LogP) is 2.88. The first-order chi connectivity index (χ1) is 33.3. The van der Waals surface area contributed by atoms with Gasteiger partial charge in [-0.1, -0.05) is 102 Å². The number of ether oxygens (including phenoxy) is 2. The third kappa shape index (κ3) is 14.5. The first-order valence-electron chi connectivity index (χ1n) is 22.6. The molecule has 0 saturated carbocycles. The maximum atomic E-state index is 14.3. The molecule has 18 nitrogen and oxygen atoms in total. The summed E-state index contributed by atoms with van der Waals surface area (Å²) in [5, 5.41) is 39.8. The zero-order valence-electron chi connectivity index (χ0n) is 42.2. The van der Waals surface area contributed by atoms with E-state index in [4.69, 9.17) is 9.47 Å². The van der Waals surface area contributed by atoms with E-state index in [1.165, 1.54) is 42.8 Å². The van der Waals surface area contributed by atoms with Crippen molar-refractivity contribution in [2.24, 2.45) is 10.2 Å². The van der Waals surface area contributed by atoms with E-state index < -0.39 is 70.8 Å². The zero-order valence-corrected chi connectivity index (χ0v) is 47.8. The van der Waals surface area contributed by atoms with E-state index in [-0.39, 0.29) is 104 Å². The maximum Gasteiger partial charge on any atom is 1.00 e. The van der Waals surface area contributed by atoms with E-state index in [0.29, 0.717) is 48.4 Å². The number of aromatic hydroxyl groups is 1. The van der Waals surface area contributed by atoms with Crippen LogP contribution in [-0.4, -0.2) is 72.9 Å². The third-order valence-corrected chi connectivity index (χ3v) is 14.1. The average molecular weight is 1060 g/mol. The number of rotatable bonds is 20. The fourth-order valence-corrected chi connectivity index (χ4v) is 8.67. The second-order valence-electron chi connectivity index (χ2n) is 18.1. The molecule has 0 heterocycles. The summed E-state index contributed by atoms with van der Waals surface area (Å²) in [5.74, 6) is -6.75. The quantitative estimate of drug-likeness (QED) is 0.0242. The van der Waals surface area contributed by atoms with Crippen molar-refractivity contribution in [2.75, 3.05) is 23.8 Å². The van der Waals surface area contributed by atoms with Gasteiger partial charge in [0.2, 0.25) is 5.91 Å². The molecular weight excluding hydrogens is 1000 g/mol. The molecule has 5 N–H and O–H groups in total. The van der Waals surface area contributed by atoms with Crippen LogP contribution < -0.4 is 84.5 Å². The first kappa shape index (κ1) is 60.6. The van der Waals surface area contributed by atoms with Gasteiger partial charge in [0.25, 0.3) is 5.91 Å². The molecule has 0 aromatic heterocycles. The molecule has 0 aliphatic rings. The second-order valence-corrected chi connectivity index (χ2v) is 20.8. The number of azo groups is 1. The molecule has 0 fully saturated rings. The predicted molar refractivity (Wildman–Crippen MR) is 265 cm³/mol. The largest absolute Gasteiger partial charge is 1.00 e. The summed E-state index contributed by atoms with van der Waals surface area (Å²) in [6.07, 6.45) is 2.87. The number of nitrogens with zero attached hydrogens (tertiary/aromatic N) is 2. The van der Waals surface area contributed by atoms with Gasteiger partial charge < -0.3 is 44.7 Å². The molecule has 0 saturated heterocycles. The van der Waals surface area contributed by atoms with Crippen molar-refractivity contribution in [2.45, 2.75) is 101 Å². The molecule has 3 amide bonds. The number of hydrogen-bond donors (Lipinski definition) is 5. The summed E-state index contributed by atoms with van der Waals surface area (Å²) in [6.45, 7) is 14.8. The molecule has 73 heavy (non-hydrogen) atoms. The van der Waals surface area contributed by atoms with E-state index in [0.717, 1.165) is 30.2 Å². The number of anilines is 2. The molecule has 6 aromatic carbocycles. The van der Waals surface area contributed by atoms with Crippen molar-refractivity contribution in [3.05, 3.63) is 120 Å². The van der Waals surface area contributed by atoms with Gasteiger partial charge in [0.15, 0.2) is 0 Å². The molecule has 0 radical (unpaired) electrons. The van der Waals surface area contributed by atoms with Crippen molar-refractivity contribution < 1.29 is 119 Å². The average Bonchev–Trinajstić information content (AvgIpc) is 3.31. The van der Waals surface area contributed by atoms with Gasteiger partial charge in [-0.3, -0.25) is 14.4 Å². The summed E-state index contributed by atoms with van der Waals surface area (Å²) < 4.78 is 84.9. The Morgan fingerprint density at radius 2 is 1.38 bits per heavy atom. The zero-order chi connectivity index (χ0) is 52.1. The number of aliphatic hydroxyl groups is 1. The smallest absolute Gasteiger partial charge is 0.744 e. The molecule has 22 heteroatoms. The summed E-state index contributed by atoms with van der Waals surface area (Å²) in [7, 11) is -10.8. The number of carbonyl (C=O) groups is 3. The molecule has 6 rings (SSSR count).